The highest BCUT2D eigenvalue weighted by molar-refractivity contribution is 5.94. The van der Waals surface area contributed by atoms with Crippen molar-refractivity contribution >= 4 is 17.4 Å². The van der Waals surface area contributed by atoms with Crippen LogP contribution >= 0.6 is 0 Å². The first kappa shape index (κ1) is 14.6. The van der Waals surface area contributed by atoms with Crippen molar-refractivity contribution in [2.45, 2.75) is 19.8 Å². The largest absolute Gasteiger partial charge is 0.310 e. The number of nitro groups is 1. The van der Waals surface area contributed by atoms with Crippen molar-refractivity contribution in [2.24, 2.45) is 0 Å². The van der Waals surface area contributed by atoms with Crippen LogP contribution < -0.4 is 5.32 Å². The van der Waals surface area contributed by atoms with Gasteiger partial charge in [0.05, 0.1) is 10.8 Å². The predicted octanol–water partition coefficient (Wildman–Crippen LogP) is 3.04. The lowest BCUT2D eigenvalue weighted by atomic mass is 10.00. The maximum absolute atomic E-state index is 12.2. The first-order valence-corrected chi connectivity index (χ1v) is 6.46. The zero-order valence-electron chi connectivity index (χ0n) is 11.7. The molecule has 6 heteroatoms. The summed E-state index contributed by atoms with van der Waals surface area (Å²) < 4.78 is 0. The molecule has 0 fully saturated rings. The molecule has 1 amide bonds. The highest BCUT2D eigenvalue weighted by atomic mass is 16.6. The topological polar surface area (TPSA) is 85.1 Å². The molecule has 1 N–H and O–H groups in total. The highest BCUT2D eigenvalue weighted by Crippen LogP contribution is 2.20. The van der Waals surface area contributed by atoms with E-state index in [2.05, 4.69) is 10.3 Å². The van der Waals surface area contributed by atoms with Crippen molar-refractivity contribution in [3.8, 4) is 0 Å². The van der Waals surface area contributed by atoms with E-state index in [1.807, 2.05) is 19.1 Å². The van der Waals surface area contributed by atoms with Crippen LogP contribution in [-0.2, 0) is 4.79 Å². The molecule has 1 heterocycles. The average Bonchev–Trinajstić information content (AvgIpc) is 2.46. The van der Waals surface area contributed by atoms with Gasteiger partial charge in [0.2, 0.25) is 5.91 Å². The number of nitrogens with zero attached hydrogens (tertiary/aromatic N) is 2. The van der Waals surface area contributed by atoms with Gasteiger partial charge >= 0.3 is 0 Å². The second kappa shape index (κ2) is 6.13. The fraction of sp³-hybridized carbons (Fsp3) is 0.200. The van der Waals surface area contributed by atoms with Crippen molar-refractivity contribution in [1.82, 2.24) is 4.98 Å². The molecular weight excluding hydrogens is 270 g/mol. The lowest BCUT2D eigenvalue weighted by Gasteiger charge is -2.12. The number of carbonyl (C=O) groups excluding carboxylic acids is 1. The van der Waals surface area contributed by atoms with E-state index in [4.69, 9.17) is 0 Å². The molecule has 0 bridgehead atoms. The molecule has 0 aliphatic heterocycles. The van der Waals surface area contributed by atoms with Crippen molar-refractivity contribution in [2.75, 3.05) is 5.32 Å². The van der Waals surface area contributed by atoms with E-state index in [0.717, 1.165) is 5.69 Å². The van der Waals surface area contributed by atoms with Crippen LogP contribution in [0.25, 0.3) is 0 Å². The lowest BCUT2D eigenvalue weighted by Crippen LogP contribution is -2.19. The number of amides is 1. The number of aryl methyl sites for hydroxylation is 1. The minimum atomic E-state index is -0.467. The third-order valence-electron chi connectivity index (χ3n) is 3.14. The Morgan fingerprint density at radius 3 is 2.48 bits per heavy atom. The van der Waals surface area contributed by atoms with Crippen LogP contribution in [0.1, 0.15) is 24.1 Å². The molecule has 108 valence electrons. The molecular formula is C15H15N3O3. The molecule has 0 aliphatic carbocycles. The van der Waals surface area contributed by atoms with Crippen LogP contribution in [0.4, 0.5) is 11.5 Å². The van der Waals surface area contributed by atoms with E-state index in [-0.39, 0.29) is 11.6 Å². The molecule has 1 atom stereocenters. The van der Waals surface area contributed by atoms with Gasteiger partial charge in [0, 0.05) is 17.8 Å². The Labute approximate surface area is 122 Å². The third-order valence-corrected chi connectivity index (χ3v) is 3.14. The molecule has 2 aromatic rings. The minimum absolute atomic E-state index is 0.00621. The number of pyridine rings is 1. The van der Waals surface area contributed by atoms with Gasteiger partial charge < -0.3 is 5.32 Å². The predicted molar refractivity (Wildman–Crippen MR) is 79.1 cm³/mol. The van der Waals surface area contributed by atoms with Crippen LogP contribution in [0.2, 0.25) is 0 Å². The number of hydrogen-bond acceptors (Lipinski definition) is 4. The molecule has 0 saturated heterocycles. The summed E-state index contributed by atoms with van der Waals surface area (Å²) in [6.45, 7) is 3.59. The maximum atomic E-state index is 12.2. The number of rotatable bonds is 4. The molecule has 21 heavy (non-hydrogen) atoms. The smallest absolute Gasteiger partial charge is 0.269 e. The molecule has 1 aromatic carbocycles. The fourth-order valence-corrected chi connectivity index (χ4v) is 1.88. The molecule has 1 aromatic heterocycles. The Bertz CT molecular complexity index is 668. The quantitative estimate of drug-likeness (QED) is 0.691. The summed E-state index contributed by atoms with van der Waals surface area (Å²) in [5, 5.41) is 13.3. The summed E-state index contributed by atoms with van der Waals surface area (Å²) in [6.07, 6.45) is 0. The van der Waals surface area contributed by atoms with Crippen LogP contribution in [-0.4, -0.2) is 15.8 Å². The van der Waals surface area contributed by atoms with Crippen molar-refractivity contribution < 1.29 is 9.72 Å². The third kappa shape index (κ3) is 3.62. The van der Waals surface area contributed by atoms with Crippen LogP contribution in [0.3, 0.4) is 0 Å². The van der Waals surface area contributed by atoms with E-state index in [0.29, 0.717) is 11.4 Å². The Balaban J connectivity index is 2.10. The SMILES string of the molecule is Cc1cccc(NC(=O)C(C)c2ccc([N+](=O)[O-])cc2)n1. The number of nitrogens with one attached hydrogen (secondary N) is 1. The monoisotopic (exact) mass is 285 g/mol. The molecule has 0 spiro atoms. The van der Waals surface area contributed by atoms with E-state index < -0.39 is 10.8 Å². The van der Waals surface area contributed by atoms with Crippen molar-refractivity contribution in [3.63, 3.8) is 0 Å². The second-order valence-corrected chi connectivity index (χ2v) is 4.72. The number of hydrogen-bond donors (Lipinski definition) is 1. The zero-order valence-corrected chi connectivity index (χ0v) is 11.7. The number of benzene rings is 1. The van der Waals surface area contributed by atoms with Crippen molar-refractivity contribution in [3.05, 3.63) is 63.8 Å². The maximum Gasteiger partial charge on any atom is 0.269 e. The van der Waals surface area contributed by atoms with Gasteiger partial charge in [-0.25, -0.2) is 4.98 Å². The number of non-ortho nitro benzene ring substituents is 1. The summed E-state index contributed by atoms with van der Waals surface area (Å²) in [5.41, 5.74) is 1.54. The van der Waals surface area contributed by atoms with E-state index in [1.54, 1.807) is 25.1 Å². The highest BCUT2D eigenvalue weighted by Gasteiger charge is 2.17. The van der Waals surface area contributed by atoms with Gasteiger partial charge in [0.25, 0.3) is 5.69 Å². The minimum Gasteiger partial charge on any atom is -0.310 e. The Morgan fingerprint density at radius 1 is 1.24 bits per heavy atom. The van der Waals surface area contributed by atoms with Crippen molar-refractivity contribution in [1.29, 1.82) is 0 Å². The Hall–Kier alpha value is -2.76. The summed E-state index contributed by atoms with van der Waals surface area (Å²) in [5.74, 6) is -0.135. The summed E-state index contributed by atoms with van der Waals surface area (Å²) >= 11 is 0. The number of anilines is 1. The average molecular weight is 285 g/mol. The van der Waals surface area contributed by atoms with Crippen LogP contribution in [0.5, 0.6) is 0 Å². The number of carbonyl (C=O) groups is 1. The van der Waals surface area contributed by atoms with Crippen LogP contribution in [0.15, 0.2) is 42.5 Å². The van der Waals surface area contributed by atoms with Gasteiger partial charge in [-0.05, 0) is 31.5 Å². The fourth-order valence-electron chi connectivity index (χ4n) is 1.88. The van der Waals surface area contributed by atoms with E-state index in [9.17, 15) is 14.9 Å². The molecule has 0 aliphatic rings. The van der Waals surface area contributed by atoms with Gasteiger partial charge in [-0.15, -0.1) is 0 Å². The second-order valence-electron chi connectivity index (χ2n) is 4.72. The summed E-state index contributed by atoms with van der Waals surface area (Å²) in [6, 6.07) is 11.3. The standard InChI is InChI=1S/C15H15N3O3/c1-10-4-3-5-14(16-10)17-15(19)11(2)12-6-8-13(9-7-12)18(20)21/h3-9,11H,1-2H3,(H,16,17,19). The van der Waals surface area contributed by atoms with Gasteiger partial charge in [0.15, 0.2) is 0 Å². The van der Waals surface area contributed by atoms with Gasteiger partial charge in [-0.3, -0.25) is 14.9 Å². The Kier molecular flexibility index (Phi) is 4.27. The van der Waals surface area contributed by atoms with E-state index in [1.165, 1.54) is 12.1 Å². The number of nitro benzene ring substituents is 1. The first-order valence-electron chi connectivity index (χ1n) is 6.46. The number of aromatic nitrogens is 1. The molecule has 0 saturated carbocycles. The molecule has 6 nitrogen and oxygen atoms in total. The lowest BCUT2D eigenvalue weighted by molar-refractivity contribution is -0.384. The van der Waals surface area contributed by atoms with Crippen LogP contribution in [0, 0.1) is 17.0 Å². The molecule has 1 unspecified atom stereocenters. The Morgan fingerprint density at radius 2 is 1.90 bits per heavy atom. The summed E-state index contributed by atoms with van der Waals surface area (Å²) in [7, 11) is 0. The van der Waals surface area contributed by atoms with Gasteiger partial charge in [-0.1, -0.05) is 18.2 Å². The normalized spacial score (nSPS) is 11.7. The summed E-state index contributed by atoms with van der Waals surface area (Å²) in [4.78, 5) is 26.5. The van der Waals surface area contributed by atoms with Gasteiger partial charge in [-0.2, -0.15) is 0 Å². The van der Waals surface area contributed by atoms with Gasteiger partial charge in [0.1, 0.15) is 5.82 Å². The van der Waals surface area contributed by atoms with E-state index >= 15 is 0 Å². The molecule has 2 rings (SSSR count). The first-order chi connectivity index (χ1) is 9.97. The zero-order chi connectivity index (χ0) is 15.4. The molecule has 0 radical (unpaired) electrons.